The largest absolute Gasteiger partial charge is 0.497 e. The number of carbonyl (C=O) groups is 1. The predicted molar refractivity (Wildman–Crippen MR) is 119 cm³/mol. The van der Waals surface area contributed by atoms with Gasteiger partial charge in [-0.25, -0.2) is 9.38 Å². The van der Waals surface area contributed by atoms with Crippen molar-refractivity contribution in [2.24, 2.45) is 10.7 Å². The number of hydrogen-bond donors (Lipinski definition) is 1. The zero-order valence-corrected chi connectivity index (χ0v) is 17.8. The Bertz CT molecular complexity index is 1270. The van der Waals surface area contributed by atoms with Gasteiger partial charge in [0.05, 0.1) is 13.7 Å². The molecule has 32 heavy (non-hydrogen) atoms. The Morgan fingerprint density at radius 1 is 1.12 bits per heavy atom. The topological polar surface area (TPSA) is 77.2 Å². The Kier molecular flexibility index (Phi) is 4.62. The van der Waals surface area contributed by atoms with E-state index in [1.807, 2.05) is 24.3 Å². The minimum atomic E-state index is -1.36. The number of ether oxygens (including phenoxy) is 2. The van der Waals surface area contributed by atoms with Crippen molar-refractivity contribution in [3.63, 3.8) is 0 Å². The number of halogens is 1. The Balaban J connectivity index is 1.71. The van der Waals surface area contributed by atoms with Crippen molar-refractivity contribution in [3.05, 3.63) is 83.2 Å². The molecule has 162 valence electrons. The first kappa shape index (κ1) is 20.1. The van der Waals surface area contributed by atoms with Gasteiger partial charge in [-0.15, -0.1) is 0 Å². The second-order valence-corrected chi connectivity index (χ2v) is 7.89. The van der Waals surface area contributed by atoms with Crippen LogP contribution in [0, 0.1) is 5.82 Å². The standard InChI is InChI=1S/C25H22FN3O3/c1-29-23(30)25(28-24(29)27,18-6-9-22-16(13-18)10-11-32-22)17-5-3-4-15(12-17)20-14-19(31-2)7-8-21(20)26/h3-9,12-14H,10-11H2,1-2H3,(H2,27,28). The lowest BCUT2D eigenvalue weighted by Gasteiger charge is -2.27. The van der Waals surface area contributed by atoms with Crippen molar-refractivity contribution in [1.29, 1.82) is 0 Å². The number of rotatable bonds is 4. The summed E-state index contributed by atoms with van der Waals surface area (Å²) in [6.45, 7) is 0.607. The number of benzene rings is 3. The van der Waals surface area contributed by atoms with Crippen LogP contribution < -0.4 is 15.2 Å². The molecule has 2 aliphatic rings. The molecule has 3 aromatic carbocycles. The van der Waals surface area contributed by atoms with Crippen LogP contribution in [0.3, 0.4) is 0 Å². The second kappa shape index (κ2) is 7.37. The van der Waals surface area contributed by atoms with Crippen molar-refractivity contribution >= 4 is 11.9 Å². The highest BCUT2D eigenvalue weighted by molar-refractivity contribution is 6.09. The number of aliphatic imine (C=N–C) groups is 1. The highest BCUT2D eigenvalue weighted by Crippen LogP contribution is 2.42. The number of carbonyl (C=O) groups excluding carboxylic acids is 1. The van der Waals surface area contributed by atoms with Gasteiger partial charge in [0.25, 0.3) is 5.91 Å². The fraction of sp³-hybridized carbons (Fsp3) is 0.200. The van der Waals surface area contributed by atoms with Gasteiger partial charge in [-0.2, -0.15) is 0 Å². The van der Waals surface area contributed by atoms with Crippen LogP contribution in [0.4, 0.5) is 4.39 Å². The van der Waals surface area contributed by atoms with Gasteiger partial charge in [0, 0.05) is 19.0 Å². The molecule has 0 fully saturated rings. The van der Waals surface area contributed by atoms with Gasteiger partial charge in [0.2, 0.25) is 0 Å². The molecule has 0 aromatic heterocycles. The number of hydrogen-bond acceptors (Lipinski definition) is 5. The van der Waals surface area contributed by atoms with Gasteiger partial charge in [0.1, 0.15) is 17.3 Å². The quantitative estimate of drug-likeness (QED) is 0.686. The number of methoxy groups -OCH3 is 1. The molecule has 1 atom stereocenters. The minimum absolute atomic E-state index is 0.129. The smallest absolute Gasteiger partial charge is 0.266 e. The Morgan fingerprint density at radius 2 is 1.94 bits per heavy atom. The molecule has 5 rings (SSSR count). The molecule has 0 spiro atoms. The molecule has 2 N–H and O–H groups in total. The molecule has 3 aromatic rings. The summed E-state index contributed by atoms with van der Waals surface area (Å²) in [5, 5.41) is 0. The number of guanidine groups is 1. The predicted octanol–water partition coefficient (Wildman–Crippen LogP) is 3.47. The van der Waals surface area contributed by atoms with E-state index in [0.29, 0.717) is 34.6 Å². The molecule has 0 bridgehead atoms. The number of likely N-dealkylation sites (N-methyl/N-ethyl adjacent to an activating group) is 1. The van der Waals surface area contributed by atoms with E-state index in [2.05, 4.69) is 4.99 Å². The fourth-order valence-corrected chi connectivity index (χ4v) is 4.36. The van der Waals surface area contributed by atoms with Gasteiger partial charge in [-0.3, -0.25) is 9.69 Å². The van der Waals surface area contributed by atoms with Crippen LogP contribution in [0.15, 0.2) is 65.7 Å². The van der Waals surface area contributed by atoms with E-state index in [4.69, 9.17) is 15.2 Å². The molecule has 0 aliphatic carbocycles. The van der Waals surface area contributed by atoms with Gasteiger partial charge < -0.3 is 15.2 Å². The monoisotopic (exact) mass is 431 g/mol. The molecule has 1 amide bonds. The second-order valence-electron chi connectivity index (χ2n) is 7.89. The van der Waals surface area contributed by atoms with Gasteiger partial charge in [-0.05, 0) is 58.7 Å². The van der Waals surface area contributed by atoms with Crippen molar-refractivity contribution in [1.82, 2.24) is 4.90 Å². The molecular weight excluding hydrogens is 409 g/mol. The van der Waals surface area contributed by atoms with Gasteiger partial charge in [0.15, 0.2) is 11.5 Å². The average Bonchev–Trinajstić information content (AvgIpc) is 3.38. The summed E-state index contributed by atoms with van der Waals surface area (Å²) in [5.41, 5.74) is 8.04. The van der Waals surface area contributed by atoms with Crippen molar-refractivity contribution in [2.45, 2.75) is 12.0 Å². The van der Waals surface area contributed by atoms with Crippen LogP contribution in [0.25, 0.3) is 11.1 Å². The Morgan fingerprint density at radius 3 is 2.69 bits per heavy atom. The summed E-state index contributed by atoms with van der Waals surface area (Å²) >= 11 is 0. The number of fused-ring (bicyclic) bond motifs is 1. The summed E-state index contributed by atoms with van der Waals surface area (Å²) in [4.78, 5) is 19.6. The lowest BCUT2D eigenvalue weighted by molar-refractivity contribution is -0.129. The zero-order valence-electron chi connectivity index (χ0n) is 17.8. The molecule has 6 nitrogen and oxygen atoms in total. The van der Waals surface area contributed by atoms with E-state index in [0.717, 1.165) is 17.7 Å². The maximum absolute atomic E-state index is 14.7. The maximum Gasteiger partial charge on any atom is 0.266 e. The van der Waals surface area contributed by atoms with E-state index >= 15 is 0 Å². The number of nitrogens with zero attached hydrogens (tertiary/aromatic N) is 2. The molecule has 0 radical (unpaired) electrons. The van der Waals surface area contributed by atoms with Crippen LogP contribution in [-0.4, -0.2) is 37.5 Å². The fourth-order valence-electron chi connectivity index (χ4n) is 4.36. The summed E-state index contributed by atoms with van der Waals surface area (Å²) in [6, 6.07) is 17.4. The SMILES string of the molecule is COc1ccc(F)c(-c2cccc(C3(c4ccc5c(c4)CCO5)N=C(N)N(C)C3=O)c2)c1. The molecule has 7 heteroatoms. The van der Waals surface area contributed by atoms with Crippen molar-refractivity contribution < 1.29 is 18.7 Å². The highest BCUT2D eigenvalue weighted by Gasteiger charge is 2.50. The average molecular weight is 431 g/mol. The lowest BCUT2D eigenvalue weighted by Crippen LogP contribution is -2.41. The molecular formula is C25H22FN3O3. The number of amides is 1. The Labute approximate surface area is 185 Å². The number of nitrogens with two attached hydrogens (primary N) is 1. The summed E-state index contributed by atoms with van der Waals surface area (Å²) in [6.07, 6.45) is 0.761. The molecule has 2 aliphatic heterocycles. The van der Waals surface area contributed by atoms with E-state index in [-0.39, 0.29) is 17.7 Å². The third kappa shape index (κ3) is 2.92. The van der Waals surface area contributed by atoms with E-state index in [1.165, 1.54) is 18.1 Å². The van der Waals surface area contributed by atoms with E-state index in [1.54, 1.807) is 37.4 Å². The summed E-state index contributed by atoms with van der Waals surface area (Å²) in [7, 11) is 3.13. The molecule has 0 saturated heterocycles. The first-order valence-electron chi connectivity index (χ1n) is 10.3. The normalized spacial score (nSPS) is 19.5. The highest BCUT2D eigenvalue weighted by atomic mass is 19.1. The lowest BCUT2D eigenvalue weighted by atomic mass is 9.81. The van der Waals surface area contributed by atoms with Crippen molar-refractivity contribution in [2.75, 3.05) is 20.8 Å². The van der Waals surface area contributed by atoms with Crippen LogP contribution >= 0.6 is 0 Å². The third-order valence-corrected chi connectivity index (χ3v) is 6.11. The van der Waals surface area contributed by atoms with E-state index < -0.39 is 5.54 Å². The first-order chi connectivity index (χ1) is 15.4. The summed E-state index contributed by atoms with van der Waals surface area (Å²) in [5.74, 6) is 0.831. The third-order valence-electron chi connectivity index (χ3n) is 6.11. The zero-order chi connectivity index (χ0) is 22.5. The Hall–Kier alpha value is -3.87. The van der Waals surface area contributed by atoms with Crippen LogP contribution in [-0.2, 0) is 16.8 Å². The first-order valence-corrected chi connectivity index (χ1v) is 10.3. The van der Waals surface area contributed by atoms with Crippen LogP contribution in [0.1, 0.15) is 16.7 Å². The van der Waals surface area contributed by atoms with Crippen LogP contribution in [0.5, 0.6) is 11.5 Å². The van der Waals surface area contributed by atoms with Crippen LogP contribution in [0.2, 0.25) is 0 Å². The maximum atomic E-state index is 14.7. The molecule has 2 heterocycles. The molecule has 0 saturated carbocycles. The van der Waals surface area contributed by atoms with Gasteiger partial charge in [-0.1, -0.05) is 24.3 Å². The van der Waals surface area contributed by atoms with E-state index in [9.17, 15) is 9.18 Å². The molecule has 1 unspecified atom stereocenters. The van der Waals surface area contributed by atoms with Crippen molar-refractivity contribution in [3.8, 4) is 22.6 Å². The minimum Gasteiger partial charge on any atom is -0.497 e. The van der Waals surface area contributed by atoms with Gasteiger partial charge >= 0.3 is 0 Å². The summed E-state index contributed by atoms with van der Waals surface area (Å²) < 4.78 is 25.6.